The highest BCUT2D eigenvalue weighted by Gasteiger charge is 1.99. The lowest BCUT2D eigenvalue weighted by Gasteiger charge is -2.10. The minimum Gasteiger partial charge on any atom is -0.494 e. The van der Waals surface area contributed by atoms with Crippen LogP contribution in [0.3, 0.4) is 0 Å². The van der Waals surface area contributed by atoms with Gasteiger partial charge in [-0.25, -0.2) is 0 Å². The van der Waals surface area contributed by atoms with Crippen molar-refractivity contribution in [3.05, 3.63) is 29.8 Å². The van der Waals surface area contributed by atoms with Crippen molar-refractivity contribution in [1.29, 1.82) is 0 Å². The fraction of sp³-hybridized carbons (Fsp3) is 0.667. The summed E-state index contributed by atoms with van der Waals surface area (Å²) in [4.78, 5) is 0. The third-order valence-corrected chi connectivity index (χ3v) is 3.38. The summed E-state index contributed by atoms with van der Waals surface area (Å²) in [5.41, 5.74) is 1.29. The second-order valence-corrected chi connectivity index (χ2v) is 5.80. The SMILES string of the molecule is CCCCCCCCOc1cccc(CNC(C)C)c1. The zero-order valence-corrected chi connectivity index (χ0v) is 13.5. The van der Waals surface area contributed by atoms with Crippen molar-refractivity contribution in [2.75, 3.05) is 6.61 Å². The van der Waals surface area contributed by atoms with Gasteiger partial charge in [0.05, 0.1) is 6.61 Å². The van der Waals surface area contributed by atoms with Crippen LogP contribution in [0.25, 0.3) is 0 Å². The quantitative estimate of drug-likeness (QED) is 0.579. The van der Waals surface area contributed by atoms with Crippen LogP contribution in [0.5, 0.6) is 5.75 Å². The molecule has 20 heavy (non-hydrogen) atoms. The minimum atomic E-state index is 0.516. The molecule has 0 aliphatic rings. The van der Waals surface area contributed by atoms with Gasteiger partial charge in [-0.2, -0.15) is 0 Å². The topological polar surface area (TPSA) is 21.3 Å². The van der Waals surface area contributed by atoms with Gasteiger partial charge in [0.2, 0.25) is 0 Å². The Morgan fingerprint density at radius 1 is 1.05 bits per heavy atom. The monoisotopic (exact) mass is 277 g/mol. The molecule has 114 valence electrons. The summed E-state index contributed by atoms with van der Waals surface area (Å²) in [6.07, 6.45) is 7.84. The van der Waals surface area contributed by atoms with Gasteiger partial charge in [-0.05, 0) is 24.1 Å². The first kappa shape index (κ1) is 17.0. The molecule has 0 spiro atoms. The average molecular weight is 277 g/mol. The van der Waals surface area contributed by atoms with Crippen LogP contribution in [0.2, 0.25) is 0 Å². The molecule has 0 aromatic heterocycles. The Morgan fingerprint density at radius 2 is 1.80 bits per heavy atom. The number of unbranched alkanes of at least 4 members (excludes halogenated alkanes) is 5. The van der Waals surface area contributed by atoms with E-state index in [0.717, 1.165) is 25.3 Å². The Bertz CT molecular complexity index is 349. The molecule has 0 heterocycles. The van der Waals surface area contributed by atoms with Gasteiger partial charge in [-0.3, -0.25) is 0 Å². The van der Waals surface area contributed by atoms with E-state index >= 15 is 0 Å². The molecule has 0 saturated carbocycles. The summed E-state index contributed by atoms with van der Waals surface area (Å²) in [5, 5.41) is 3.43. The third-order valence-electron chi connectivity index (χ3n) is 3.38. The van der Waals surface area contributed by atoms with Crippen LogP contribution in [0.4, 0.5) is 0 Å². The van der Waals surface area contributed by atoms with Gasteiger partial charge in [0, 0.05) is 12.6 Å². The first-order chi connectivity index (χ1) is 9.72. The van der Waals surface area contributed by atoms with E-state index in [1.54, 1.807) is 0 Å². The lowest BCUT2D eigenvalue weighted by Crippen LogP contribution is -2.21. The molecule has 2 heteroatoms. The van der Waals surface area contributed by atoms with E-state index in [1.807, 2.05) is 0 Å². The van der Waals surface area contributed by atoms with Gasteiger partial charge in [0.1, 0.15) is 5.75 Å². The minimum absolute atomic E-state index is 0.516. The number of hydrogen-bond donors (Lipinski definition) is 1. The molecule has 1 rings (SSSR count). The van der Waals surface area contributed by atoms with Crippen molar-refractivity contribution < 1.29 is 4.74 Å². The maximum atomic E-state index is 5.83. The van der Waals surface area contributed by atoms with Crippen LogP contribution >= 0.6 is 0 Å². The zero-order valence-electron chi connectivity index (χ0n) is 13.5. The van der Waals surface area contributed by atoms with E-state index in [0.29, 0.717) is 6.04 Å². The summed E-state index contributed by atoms with van der Waals surface area (Å²) in [5.74, 6) is 1.00. The van der Waals surface area contributed by atoms with E-state index in [2.05, 4.69) is 50.4 Å². The molecule has 0 aliphatic heterocycles. The summed E-state index contributed by atoms with van der Waals surface area (Å²) in [7, 11) is 0. The summed E-state index contributed by atoms with van der Waals surface area (Å²) >= 11 is 0. The van der Waals surface area contributed by atoms with Gasteiger partial charge < -0.3 is 10.1 Å². The standard InChI is InChI=1S/C18H31NO/c1-4-5-6-7-8-9-13-20-18-12-10-11-17(14-18)15-19-16(2)3/h10-12,14,16,19H,4-9,13,15H2,1-3H3. The Labute approximate surface area is 124 Å². The lowest BCUT2D eigenvalue weighted by molar-refractivity contribution is 0.304. The zero-order chi connectivity index (χ0) is 14.6. The van der Waals surface area contributed by atoms with Crippen molar-refractivity contribution in [3.63, 3.8) is 0 Å². The Hall–Kier alpha value is -1.02. The molecule has 0 amide bonds. The predicted octanol–water partition coefficient (Wildman–Crippen LogP) is 4.92. The fourth-order valence-corrected chi connectivity index (χ4v) is 2.14. The summed E-state index contributed by atoms with van der Waals surface area (Å²) < 4.78 is 5.83. The molecule has 0 unspecified atom stereocenters. The highest BCUT2D eigenvalue weighted by Crippen LogP contribution is 2.14. The molecular weight excluding hydrogens is 246 g/mol. The highest BCUT2D eigenvalue weighted by molar-refractivity contribution is 5.28. The molecule has 0 aliphatic carbocycles. The molecule has 0 bridgehead atoms. The molecule has 0 radical (unpaired) electrons. The van der Waals surface area contributed by atoms with Crippen LogP contribution in [0.15, 0.2) is 24.3 Å². The summed E-state index contributed by atoms with van der Waals surface area (Å²) in [6, 6.07) is 8.94. The van der Waals surface area contributed by atoms with E-state index < -0.39 is 0 Å². The Kier molecular flexibility index (Phi) is 9.14. The Balaban J connectivity index is 2.18. The smallest absolute Gasteiger partial charge is 0.119 e. The maximum Gasteiger partial charge on any atom is 0.119 e. The lowest BCUT2D eigenvalue weighted by atomic mass is 10.1. The van der Waals surface area contributed by atoms with E-state index in [-0.39, 0.29) is 0 Å². The van der Waals surface area contributed by atoms with E-state index in [1.165, 1.54) is 37.7 Å². The van der Waals surface area contributed by atoms with Gasteiger partial charge in [0.25, 0.3) is 0 Å². The highest BCUT2D eigenvalue weighted by atomic mass is 16.5. The van der Waals surface area contributed by atoms with Crippen molar-refractivity contribution in [3.8, 4) is 5.75 Å². The van der Waals surface area contributed by atoms with Crippen LogP contribution in [0, 0.1) is 0 Å². The second kappa shape index (κ2) is 10.7. The molecule has 1 aromatic carbocycles. The molecule has 0 fully saturated rings. The first-order valence-corrected chi connectivity index (χ1v) is 8.17. The van der Waals surface area contributed by atoms with Crippen molar-refractivity contribution in [2.24, 2.45) is 0 Å². The molecule has 1 aromatic rings. The van der Waals surface area contributed by atoms with Crippen molar-refractivity contribution in [2.45, 2.75) is 71.9 Å². The number of hydrogen-bond acceptors (Lipinski definition) is 2. The van der Waals surface area contributed by atoms with E-state index in [4.69, 9.17) is 4.74 Å². The van der Waals surface area contributed by atoms with Crippen LogP contribution in [-0.2, 0) is 6.54 Å². The summed E-state index contributed by atoms with van der Waals surface area (Å²) in [6.45, 7) is 8.33. The largest absolute Gasteiger partial charge is 0.494 e. The number of ether oxygens (including phenoxy) is 1. The second-order valence-electron chi connectivity index (χ2n) is 5.80. The number of benzene rings is 1. The van der Waals surface area contributed by atoms with Crippen LogP contribution in [0.1, 0.15) is 64.9 Å². The van der Waals surface area contributed by atoms with E-state index in [9.17, 15) is 0 Å². The molecule has 2 nitrogen and oxygen atoms in total. The molecule has 1 N–H and O–H groups in total. The Morgan fingerprint density at radius 3 is 2.55 bits per heavy atom. The fourth-order valence-electron chi connectivity index (χ4n) is 2.14. The molecular formula is C18H31NO. The number of nitrogens with one attached hydrogen (secondary N) is 1. The van der Waals surface area contributed by atoms with Gasteiger partial charge in [-0.1, -0.05) is 65.0 Å². The van der Waals surface area contributed by atoms with Gasteiger partial charge >= 0.3 is 0 Å². The van der Waals surface area contributed by atoms with Gasteiger partial charge in [0.15, 0.2) is 0 Å². The third kappa shape index (κ3) is 8.21. The van der Waals surface area contributed by atoms with Crippen molar-refractivity contribution in [1.82, 2.24) is 5.32 Å². The first-order valence-electron chi connectivity index (χ1n) is 8.17. The van der Waals surface area contributed by atoms with Crippen LogP contribution in [-0.4, -0.2) is 12.6 Å². The predicted molar refractivity (Wildman–Crippen MR) is 87.3 cm³/mol. The normalized spacial score (nSPS) is 11.0. The molecule has 0 atom stereocenters. The molecule has 0 saturated heterocycles. The average Bonchev–Trinajstić information content (AvgIpc) is 2.45. The van der Waals surface area contributed by atoms with Crippen molar-refractivity contribution >= 4 is 0 Å². The van der Waals surface area contributed by atoms with Gasteiger partial charge in [-0.15, -0.1) is 0 Å². The van der Waals surface area contributed by atoms with Crippen LogP contribution < -0.4 is 10.1 Å². The number of rotatable bonds is 11. The maximum absolute atomic E-state index is 5.83.